The lowest BCUT2D eigenvalue weighted by atomic mass is 9.84. The van der Waals surface area contributed by atoms with Gasteiger partial charge in [-0.05, 0) is 56.0 Å². The molecule has 1 aromatic heterocycles. The van der Waals surface area contributed by atoms with Gasteiger partial charge in [0.15, 0.2) is 0 Å². The van der Waals surface area contributed by atoms with Crippen molar-refractivity contribution in [3.63, 3.8) is 0 Å². The van der Waals surface area contributed by atoms with Gasteiger partial charge in [-0.25, -0.2) is 9.37 Å². The average molecular weight is 496 g/mol. The van der Waals surface area contributed by atoms with Crippen molar-refractivity contribution in [1.82, 2.24) is 15.2 Å². The van der Waals surface area contributed by atoms with Crippen LogP contribution in [0.3, 0.4) is 0 Å². The van der Waals surface area contributed by atoms with Gasteiger partial charge in [-0.1, -0.05) is 25.1 Å². The van der Waals surface area contributed by atoms with Gasteiger partial charge in [-0.2, -0.15) is 0 Å². The fourth-order valence-electron chi connectivity index (χ4n) is 4.46. The molecule has 1 fully saturated rings. The molecule has 2 aromatic carbocycles. The molecule has 0 bridgehead atoms. The van der Waals surface area contributed by atoms with Gasteiger partial charge in [0.2, 0.25) is 5.91 Å². The minimum Gasteiger partial charge on any atom is -0.496 e. The first-order valence-electron chi connectivity index (χ1n) is 11.8. The highest BCUT2D eigenvalue weighted by Gasteiger charge is 2.31. The molecule has 0 unspecified atom stereocenters. The summed E-state index contributed by atoms with van der Waals surface area (Å²) in [5.41, 5.74) is 2.42. The van der Waals surface area contributed by atoms with Crippen molar-refractivity contribution in [1.29, 1.82) is 0 Å². The van der Waals surface area contributed by atoms with E-state index in [0.29, 0.717) is 35.2 Å². The second-order valence-electron chi connectivity index (χ2n) is 8.89. The summed E-state index contributed by atoms with van der Waals surface area (Å²) in [5, 5.41) is 3.74. The molecule has 2 amide bonds. The molecular formula is C27H30FN3O3S. The number of nitrogens with one attached hydrogen (secondary N) is 1. The molecule has 6 nitrogen and oxygen atoms in total. The molecule has 8 heteroatoms. The zero-order chi connectivity index (χ0) is 24.9. The number of carbonyl (C=O) groups excluding carboxylic acids is 2. The first-order chi connectivity index (χ1) is 16.9. The third-order valence-electron chi connectivity index (χ3n) is 6.68. The number of amides is 2. The Labute approximate surface area is 209 Å². The molecule has 2 heterocycles. The lowest BCUT2D eigenvalue weighted by Gasteiger charge is -2.34. The van der Waals surface area contributed by atoms with Crippen LogP contribution < -0.4 is 10.1 Å². The Hall–Kier alpha value is -3.26. The second kappa shape index (κ2) is 11.0. The lowest BCUT2D eigenvalue weighted by Crippen LogP contribution is -2.42. The summed E-state index contributed by atoms with van der Waals surface area (Å²) in [6.45, 7) is 5.43. The van der Waals surface area contributed by atoms with Gasteiger partial charge in [0.25, 0.3) is 5.91 Å². The van der Waals surface area contributed by atoms with E-state index < -0.39 is 0 Å². The summed E-state index contributed by atoms with van der Waals surface area (Å²) in [7, 11) is 1.62. The van der Waals surface area contributed by atoms with Crippen LogP contribution in [0.1, 0.15) is 40.7 Å². The van der Waals surface area contributed by atoms with Crippen LogP contribution in [0.5, 0.6) is 5.75 Å². The van der Waals surface area contributed by atoms with E-state index in [2.05, 4.69) is 10.3 Å². The first-order valence-corrected chi connectivity index (χ1v) is 12.6. The number of para-hydroxylation sites is 1. The van der Waals surface area contributed by atoms with Gasteiger partial charge in [0.1, 0.15) is 21.5 Å². The van der Waals surface area contributed by atoms with Gasteiger partial charge in [-0.3, -0.25) is 9.59 Å². The second-order valence-corrected chi connectivity index (χ2v) is 9.89. The Balaban J connectivity index is 1.32. The Morgan fingerprint density at radius 1 is 1.17 bits per heavy atom. The number of rotatable bonds is 7. The van der Waals surface area contributed by atoms with Gasteiger partial charge in [-0.15, -0.1) is 11.3 Å². The van der Waals surface area contributed by atoms with Crippen molar-refractivity contribution in [2.75, 3.05) is 20.2 Å². The number of carbonyl (C=O) groups is 2. The highest BCUT2D eigenvalue weighted by Crippen LogP contribution is 2.31. The van der Waals surface area contributed by atoms with E-state index in [4.69, 9.17) is 4.74 Å². The van der Waals surface area contributed by atoms with Crippen molar-refractivity contribution in [2.24, 2.45) is 11.8 Å². The molecular weight excluding hydrogens is 465 g/mol. The third kappa shape index (κ3) is 5.70. The summed E-state index contributed by atoms with van der Waals surface area (Å²) < 4.78 is 18.6. The Bertz CT molecular complexity index is 1190. The van der Waals surface area contributed by atoms with Crippen LogP contribution in [-0.2, 0) is 11.3 Å². The van der Waals surface area contributed by atoms with Gasteiger partial charge < -0.3 is 15.0 Å². The molecule has 1 N–H and O–H groups in total. The molecule has 4 rings (SSSR count). The number of aromatic nitrogens is 1. The maximum atomic E-state index is 13.2. The zero-order valence-corrected chi connectivity index (χ0v) is 21.0. The molecule has 1 aliphatic heterocycles. The SMILES string of the molecule is COc1ccccc1CNC(=O)[C@@H](C)C1CCN(C(=O)c2sc(-c3ccc(F)cc3)nc2C)CC1. The Morgan fingerprint density at radius 2 is 1.86 bits per heavy atom. The van der Waals surface area contributed by atoms with Crippen molar-refractivity contribution < 1.29 is 18.7 Å². The molecule has 1 atom stereocenters. The molecule has 184 valence electrons. The minimum atomic E-state index is -0.302. The fourth-order valence-corrected chi connectivity index (χ4v) is 5.50. The number of hydrogen-bond donors (Lipinski definition) is 1. The predicted molar refractivity (Wildman–Crippen MR) is 135 cm³/mol. The van der Waals surface area contributed by atoms with Crippen molar-refractivity contribution in [3.8, 4) is 16.3 Å². The average Bonchev–Trinajstić information content (AvgIpc) is 3.28. The summed E-state index contributed by atoms with van der Waals surface area (Å²) >= 11 is 1.34. The number of hydrogen-bond acceptors (Lipinski definition) is 5. The van der Waals surface area contributed by atoms with Crippen LogP contribution in [0.15, 0.2) is 48.5 Å². The van der Waals surface area contributed by atoms with E-state index in [9.17, 15) is 14.0 Å². The lowest BCUT2D eigenvalue weighted by molar-refractivity contribution is -0.126. The number of nitrogens with zero attached hydrogens (tertiary/aromatic N) is 2. The van der Waals surface area contributed by atoms with Crippen molar-refractivity contribution in [3.05, 3.63) is 70.5 Å². The number of thiazole rings is 1. The van der Waals surface area contributed by atoms with Crippen LogP contribution in [0.2, 0.25) is 0 Å². The highest BCUT2D eigenvalue weighted by molar-refractivity contribution is 7.17. The summed E-state index contributed by atoms with van der Waals surface area (Å²) in [6.07, 6.45) is 1.55. The van der Waals surface area contributed by atoms with E-state index in [0.717, 1.165) is 29.7 Å². The number of benzene rings is 2. The van der Waals surface area contributed by atoms with Gasteiger partial charge >= 0.3 is 0 Å². The van der Waals surface area contributed by atoms with Gasteiger partial charge in [0, 0.05) is 36.7 Å². The summed E-state index contributed by atoms with van der Waals surface area (Å²) in [5.74, 6) is 0.520. The monoisotopic (exact) mass is 495 g/mol. The number of likely N-dealkylation sites (tertiary alicyclic amines) is 1. The molecule has 1 saturated heterocycles. The molecule has 0 aliphatic carbocycles. The summed E-state index contributed by atoms with van der Waals surface area (Å²) in [6, 6.07) is 13.8. The van der Waals surface area contributed by atoms with Gasteiger partial charge in [0.05, 0.1) is 12.8 Å². The maximum Gasteiger partial charge on any atom is 0.265 e. The van der Waals surface area contributed by atoms with Crippen LogP contribution in [0.25, 0.3) is 10.6 Å². The minimum absolute atomic E-state index is 0.0166. The maximum absolute atomic E-state index is 13.2. The standard InChI is InChI=1S/C27H30FN3O3S/c1-17(25(32)29-16-21-6-4-5-7-23(21)34-3)19-12-14-31(15-13-19)27(33)24-18(2)30-26(35-24)20-8-10-22(28)11-9-20/h4-11,17,19H,12-16H2,1-3H3,(H,29,32)/t17-/m0/s1. The number of piperidine rings is 1. The molecule has 0 spiro atoms. The van der Waals surface area contributed by atoms with Crippen molar-refractivity contribution >= 4 is 23.2 Å². The van der Waals surface area contributed by atoms with E-state index in [-0.39, 0.29) is 29.5 Å². The van der Waals surface area contributed by atoms with Crippen LogP contribution in [0.4, 0.5) is 4.39 Å². The molecule has 1 aliphatic rings. The molecule has 0 radical (unpaired) electrons. The van der Waals surface area contributed by atoms with Crippen LogP contribution in [0, 0.1) is 24.6 Å². The smallest absolute Gasteiger partial charge is 0.265 e. The number of aryl methyl sites for hydroxylation is 1. The van der Waals surface area contributed by atoms with Crippen LogP contribution >= 0.6 is 11.3 Å². The quantitative estimate of drug-likeness (QED) is 0.497. The van der Waals surface area contributed by atoms with E-state index in [1.807, 2.05) is 43.0 Å². The molecule has 0 saturated carbocycles. The molecule has 35 heavy (non-hydrogen) atoms. The topological polar surface area (TPSA) is 71.5 Å². The number of halogens is 1. The highest BCUT2D eigenvalue weighted by atomic mass is 32.1. The van der Waals surface area contributed by atoms with Crippen molar-refractivity contribution in [2.45, 2.75) is 33.2 Å². The largest absolute Gasteiger partial charge is 0.496 e. The van der Waals surface area contributed by atoms with E-state index >= 15 is 0 Å². The fraction of sp³-hybridized carbons (Fsp3) is 0.370. The normalized spacial score (nSPS) is 15.0. The third-order valence-corrected chi connectivity index (χ3v) is 7.87. The Morgan fingerprint density at radius 3 is 2.54 bits per heavy atom. The zero-order valence-electron chi connectivity index (χ0n) is 20.2. The number of ether oxygens (including phenoxy) is 1. The van der Waals surface area contributed by atoms with E-state index in [1.54, 1.807) is 19.2 Å². The predicted octanol–water partition coefficient (Wildman–Crippen LogP) is 5.07. The first kappa shape index (κ1) is 24.9. The Kier molecular flexibility index (Phi) is 7.80. The number of methoxy groups -OCH3 is 1. The van der Waals surface area contributed by atoms with Crippen LogP contribution in [-0.4, -0.2) is 41.9 Å². The van der Waals surface area contributed by atoms with E-state index in [1.165, 1.54) is 23.5 Å². The summed E-state index contributed by atoms with van der Waals surface area (Å²) in [4.78, 5) is 33.0. The molecule has 3 aromatic rings.